The van der Waals surface area contributed by atoms with E-state index in [0.717, 1.165) is 12.0 Å². The quantitative estimate of drug-likeness (QED) is 0.712. The number of rotatable bonds is 10. The van der Waals surface area contributed by atoms with Gasteiger partial charge in [-0.2, -0.15) is 0 Å². The predicted molar refractivity (Wildman–Crippen MR) is 89.3 cm³/mol. The molecule has 1 aromatic carbocycles. The molecular formula is C18H29NO3. The van der Waals surface area contributed by atoms with E-state index in [1.165, 1.54) is 19.3 Å². The highest BCUT2D eigenvalue weighted by Gasteiger charge is 2.08. The van der Waals surface area contributed by atoms with Gasteiger partial charge in [-0.05, 0) is 30.0 Å². The average Bonchev–Trinajstić information content (AvgIpc) is 2.55. The van der Waals surface area contributed by atoms with E-state index < -0.39 is 0 Å². The van der Waals surface area contributed by atoms with Gasteiger partial charge in [-0.15, -0.1) is 0 Å². The van der Waals surface area contributed by atoms with Gasteiger partial charge < -0.3 is 14.8 Å². The van der Waals surface area contributed by atoms with Crippen molar-refractivity contribution in [3.63, 3.8) is 0 Å². The van der Waals surface area contributed by atoms with E-state index >= 15 is 0 Å². The molecule has 4 heteroatoms. The fraction of sp³-hybridized carbons (Fsp3) is 0.611. The molecular weight excluding hydrogens is 278 g/mol. The lowest BCUT2D eigenvalue weighted by Crippen LogP contribution is -2.23. The first-order chi connectivity index (χ1) is 10.6. The summed E-state index contributed by atoms with van der Waals surface area (Å²) in [4.78, 5) is 11.9. The lowest BCUT2D eigenvalue weighted by molar-refractivity contribution is -0.121. The normalized spacial score (nSPS) is 11.8. The van der Waals surface area contributed by atoms with Crippen LogP contribution in [0.25, 0.3) is 0 Å². The van der Waals surface area contributed by atoms with Crippen molar-refractivity contribution >= 4 is 5.91 Å². The van der Waals surface area contributed by atoms with Gasteiger partial charge in [0, 0.05) is 13.0 Å². The molecule has 124 valence electrons. The first-order valence-electron chi connectivity index (χ1n) is 8.08. The summed E-state index contributed by atoms with van der Waals surface area (Å²) in [6.07, 6.45) is 5.22. The zero-order chi connectivity index (χ0) is 16.4. The van der Waals surface area contributed by atoms with Gasteiger partial charge in [-0.1, -0.05) is 39.2 Å². The fourth-order valence-electron chi connectivity index (χ4n) is 2.35. The number of carbonyl (C=O) groups is 1. The third-order valence-corrected chi connectivity index (χ3v) is 3.85. The van der Waals surface area contributed by atoms with E-state index in [4.69, 9.17) is 9.47 Å². The van der Waals surface area contributed by atoms with E-state index in [-0.39, 0.29) is 5.91 Å². The third kappa shape index (κ3) is 6.37. The molecule has 1 unspecified atom stereocenters. The Kier molecular flexibility index (Phi) is 8.41. The third-order valence-electron chi connectivity index (χ3n) is 3.85. The van der Waals surface area contributed by atoms with Crippen LogP contribution in [0.3, 0.4) is 0 Å². The van der Waals surface area contributed by atoms with Gasteiger partial charge in [-0.25, -0.2) is 0 Å². The first kappa shape index (κ1) is 18.3. The standard InChI is InChI=1S/C18H29NO3/c1-5-6-7-14(2)8-11-18(20)19-13-15-9-10-16(21-3)17(12-15)22-4/h9-10,12,14H,5-8,11,13H2,1-4H3,(H,19,20). The van der Waals surface area contributed by atoms with E-state index in [2.05, 4.69) is 19.2 Å². The zero-order valence-electron chi connectivity index (χ0n) is 14.3. The molecule has 0 radical (unpaired) electrons. The maximum absolute atomic E-state index is 11.9. The smallest absolute Gasteiger partial charge is 0.220 e. The van der Waals surface area contributed by atoms with Crippen LogP contribution >= 0.6 is 0 Å². The van der Waals surface area contributed by atoms with Crippen LogP contribution in [0.15, 0.2) is 18.2 Å². The summed E-state index contributed by atoms with van der Waals surface area (Å²) < 4.78 is 10.5. The molecule has 0 bridgehead atoms. The van der Waals surface area contributed by atoms with Crippen LogP contribution in [0.2, 0.25) is 0 Å². The average molecular weight is 307 g/mol. The highest BCUT2D eigenvalue weighted by atomic mass is 16.5. The van der Waals surface area contributed by atoms with Gasteiger partial charge in [0.1, 0.15) is 0 Å². The Morgan fingerprint density at radius 3 is 2.55 bits per heavy atom. The largest absolute Gasteiger partial charge is 0.493 e. The van der Waals surface area contributed by atoms with E-state index in [9.17, 15) is 4.79 Å². The molecule has 0 aromatic heterocycles. The molecule has 0 aliphatic carbocycles. The second-order valence-corrected chi connectivity index (χ2v) is 5.75. The maximum atomic E-state index is 11.9. The van der Waals surface area contributed by atoms with Gasteiger partial charge in [-0.3, -0.25) is 4.79 Å². The van der Waals surface area contributed by atoms with Gasteiger partial charge in [0.25, 0.3) is 0 Å². The van der Waals surface area contributed by atoms with Crippen molar-refractivity contribution in [1.82, 2.24) is 5.32 Å². The number of hydrogen-bond acceptors (Lipinski definition) is 3. The van der Waals surface area contributed by atoms with Gasteiger partial charge >= 0.3 is 0 Å². The number of nitrogens with one attached hydrogen (secondary N) is 1. The predicted octanol–water partition coefficient (Wildman–Crippen LogP) is 3.93. The molecule has 1 amide bonds. The molecule has 0 aliphatic heterocycles. The van der Waals surface area contributed by atoms with Crippen LogP contribution in [0.5, 0.6) is 11.5 Å². The van der Waals surface area contributed by atoms with Crippen LogP contribution in [-0.2, 0) is 11.3 Å². The minimum Gasteiger partial charge on any atom is -0.493 e. The molecule has 0 fully saturated rings. The number of carbonyl (C=O) groups excluding carboxylic acids is 1. The molecule has 0 saturated heterocycles. The Balaban J connectivity index is 2.37. The summed E-state index contributed by atoms with van der Waals surface area (Å²) in [7, 11) is 3.22. The van der Waals surface area contributed by atoms with Crippen molar-refractivity contribution in [2.75, 3.05) is 14.2 Å². The lowest BCUT2D eigenvalue weighted by atomic mass is 9.99. The highest BCUT2D eigenvalue weighted by molar-refractivity contribution is 5.75. The van der Waals surface area contributed by atoms with Crippen LogP contribution in [0.4, 0.5) is 0 Å². The second kappa shape index (κ2) is 10.1. The molecule has 0 aliphatic rings. The van der Waals surface area contributed by atoms with Gasteiger partial charge in [0.15, 0.2) is 11.5 Å². The van der Waals surface area contributed by atoms with Crippen molar-refractivity contribution < 1.29 is 14.3 Å². The van der Waals surface area contributed by atoms with Crippen molar-refractivity contribution in [3.05, 3.63) is 23.8 Å². The topological polar surface area (TPSA) is 47.6 Å². The molecule has 1 atom stereocenters. The summed E-state index contributed by atoms with van der Waals surface area (Å²) in [5, 5.41) is 2.96. The Morgan fingerprint density at radius 2 is 1.91 bits per heavy atom. The van der Waals surface area contributed by atoms with Crippen molar-refractivity contribution in [3.8, 4) is 11.5 Å². The molecule has 22 heavy (non-hydrogen) atoms. The molecule has 1 aromatic rings. The molecule has 4 nitrogen and oxygen atoms in total. The summed E-state index contributed by atoms with van der Waals surface area (Å²) in [5.74, 6) is 2.11. The monoisotopic (exact) mass is 307 g/mol. The number of methoxy groups -OCH3 is 2. The van der Waals surface area contributed by atoms with E-state index in [1.807, 2.05) is 18.2 Å². The number of ether oxygens (including phenoxy) is 2. The SMILES string of the molecule is CCCCC(C)CCC(=O)NCc1ccc(OC)c(OC)c1. The molecule has 1 N–H and O–H groups in total. The number of unbranched alkanes of at least 4 members (excludes halogenated alkanes) is 1. The minimum absolute atomic E-state index is 0.109. The molecule has 0 heterocycles. The van der Waals surface area contributed by atoms with Crippen molar-refractivity contribution in [2.24, 2.45) is 5.92 Å². The zero-order valence-corrected chi connectivity index (χ0v) is 14.3. The summed E-state index contributed by atoms with van der Waals surface area (Å²) in [6.45, 7) is 4.93. The van der Waals surface area contributed by atoms with Crippen LogP contribution in [0.1, 0.15) is 51.5 Å². The number of hydrogen-bond donors (Lipinski definition) is 1. The van der Waals surface area contributed by atoms with Gasteiger partial charge in [0.2, 0.25) is 5.91 Å². The first-order valence-corrected chi connectivity index (χ1v) is 8.08. The van der Waals surface area contributed by atoms with Crippen molar-refractivity contribution in [1.29, 1.82) is 0 Å². The Bertz CT molecular complexity index is 460. The maximum Gasteiger partial charge on any atom is 0.220 e. The summed E-state index contributed by atoms with van der Waals surface area (Å²) >= 11 is 0. The fourth-order valence-corrected chi connectivity index (χ4v) is 2.35. The van der Waals surface area contributed by atoms with Gasteiger partial charge in [0.05, 0.1) is 14.2 Å². The second-order valence-electron chi connectivity index (χ2n) is 5.75. The summed E-state index contributed by atoms with van der Waals surface area (Å²) in [5.41, 5.74) is 1.00. The Hall–Kier alpha value is -1.71. The summed E-state index contributed by atoms with van der Waals surface area (Å²) in [6, 6.07) is 5.68. The van der Waals surface area contributed by atoms with Crippen LogP contribution in [0, 0.1) is 5.92 Å². The Morgan fingerprint density at radius 1 is 1.18 bits per heavy atom. The molecule has 0 spiro atoms. The molecule has 1 rings (SSSR count). The number of amides is 1. The van der Waals surface area contributed by atoms with E-state index in [1.54, 1.807) is 14.2 Å². The highest BCUT2D eigenvalue weighted by Crippen LogP contribution is 2.27. The number of benzene rings is 1. The van der Waals surface area contributed by atoms with Crippen LogP contribution < -0.4 is 14.8 Å². The van der Waals surface area contributed by atoms with Crippen LogP contribution in [-0.4, -0.2) is 20.1 Å². The molecule has 0 saturated carbocycles. The lowest BCUT2D eigenvalue weighted by Gasteiger charge is -2.12. The Labute approximate surface area is 134 Å². The van der Waals surface area contributed by atoms with E-state index in [0.29, 0.717) is 30.4 Å². The minimum atomic E-state index is 0.109. The van der Waals surface area contributed by atoms with Crippen molar-refractivity contribution in [2.45, 2.75) is 52.5 Å².